The van der Waals surface area contributed by atoms with E-state index in [4.69, 9.17) is 26.1 Å². The number of sulfonamides is 1. The molecule has 3 heterocycles. The molecular formula is C29H34ClFN4O6S2. The molecule has 1 aliphatic carbocycles. The zero-order valence-corrected chi connectivity index (χ0v) is 26.7. The van der Waals surface area contributed by atoms with Crippen LogP contribution in [0.25, 0.3) is 0 Å². The third-order valence-corrected chi connectivity index (χ3v) is 11.4. The molecule has 1 saturated carbocycles. The van der Waals surface area contributed by atoms with Crippen molar-refractivity contribution < 1.29 is 31.9 Å². The third kappa shape index (κ3) is 6.50. The van der Waals surface area contributed by atoms with E-state index in [9.17, 15) is 22.4 Å². The van der Waals surface area contributed by atoms with E-state index in [0.29, 0.717) is 34.9 Å². The maximum Gasteiger partial charge on any atom is 0.338 e. The molecule has 0 amide bonds. The summed E-state index contributed by atoms with van der Waals surface area (Å²) in [4.78, 5) is 34.7. The van der Waals surface area contributed by atoms with Gasteiger partial charge in [0.1, 0.15) is 17.5 Å². The van der Waals surface area contributed by atoms with Gasteiger partial charge in [-0.05, 0) is 52.5 Å². The molecule has 10 nitrogen and oxygen atoms in total. The second-order valence-corrected chi connectivity index (χ2v) is 15.3. The minimum Gasteiger partial charge on any atom is -0.466 e. The molecule has 232 valence electrons. The van der Waals surface area contributed by atoms with E-state index in [1.807, 2.05) is 0 Å². The molecule has 5 rings (SSSR count). The number of rotatable bonds is 7. The smallest absolute Gasteiger partial charge is 0.338 e. The molecule has 43 heavy (non-hydrogen) atoms. The maximum atomic E-state index is 14.5. The van der Waals surface area contributed by atoms with Gasteiger partial charge in [0.15, 0.2) is 10.8 Å². The highest BCUT2D eigenvalue weighted by Gasteiger charge is 2.47. The Balaban J connectivity index is 1.38. The lowest BCUT2D eigenvalue weighted by atomic mass is 9.85. The number of thiazole rings is 1. The molecule has 0 spiro atoms. The van der Waals surface area contributed by atoms with E-state index in [1.165, 1.54) is 34.9 Å². The number of aliphatic imine (C=N–C) groups is 1. The fraction of sp³-hybridized carbons (Fsp3) is 0.517. The minimum atomic E-state index is -3.63. The van der Waals surface area contributed by atoms with E-state index in [-0.39, 0.29) is 48.4 Å². The number of nitrogens with one attached hydrogen (secondary N) is 1. The third-order valence-electron chi connectivity index (χ3n) is 7.87. The Kier molecular flexibility index (Phi) is 8.99. The van der Waals surface area contributed by atoms with Gasteiger partial charge in [-0.25, -0.2) is 26.9 Å². The first-order chi connectivity index (χ1) is 20.3. The number of allylic oxidation sites excluding steroid dienone is 1. The normalized spacial score (nSPS) is 23.7. The van der Waals surface area contributed by atoms with Gasteiger partial charge in [0.25, 0.3) is 0 Å². The van der Waals surface area contributed by atoms with Crippen LogP contribution in [0.4, 0.5) is 4.39 Å². The Bertz CT molecular complexity index is 1560. The maximum absolute atomic E-state index is 14.5. The molecule has 1 saturated heterocycles. The first-order valence-corrected chi connectivity index (χ1v) is 16.8. The first kappa shape index (κ1) is 31.6. The lowest BCUT2D eigenvalue weighted by Gasteiger charge is -2.40. The molecule has 0 bridgehead atoms. The number of ether oxygens (including phenoxy) is 2. The highest BCUT2D eigenvalue weighted by molar-refractivity contribution is 7.89. The molecule has 1 aromatic carbocycles. The number of halogens is 2. The average Bonchev–Trinajstić information content (AvgIpc) is 3.47. The Hall–Kier alpha value is -2.87. The summed E-state index contributed by atoms with van der Waals surface area (Å²) < 4.78 is 53.4. The van der Waals surface area contributed by atoms with Crippen LogP contribution in [0.5, 0.6) is 0 Å². The number of nitrogens with zero attached hydrogens (tertiary/aromatic N) is 3. The topological polar surface area (TPSA) is 127 Å². The molecule has 2 aliphatic heterocycles. The molecule has 0 radical (unpaired) electrons. The Morgan fingerprint density at radius 3 is 2.49 bits per heavy atom. The zero-order valence-electron chi connectivity index (χ0n) is 24.3. The molecule has 14 heteroatoms. The fourth-order valence-corrected chi connectivity index (χ4v) is 8.53. The number of methoxy groups -OCH3 is 1. The number of hydrogen-bond donors (Lipinski definition) is 1. The number of piperidine rings is 1. The van der Waals surface area contributed by atoms with Crippen LogP contribution < -0.4 is 5.32 Å². The minimum absolute atomic E-state index is 0.150. The number of carbonyl (C=O) groups is 2. The molecular weight excluding hydrogens is 619 g/mol. The van der Waals surface area contributed by atoms with E-state index in [1.54, 1.807) is 38.4 Å². The summed E-state index contributed by atoms with van der Waals surface area (Å²) in [7, 11) is -2.37. The van der Waals surface area contributed by atoms with Gasteiger partial charge in [0, 0.05) is 41.8 Å². The molecule has 1 atom stereocenters. The highest BCUT2D eigenvalue weighted by atomic mass is 35.5. The highest BCUT2D eigenvalue weighted by Crippen LogP contribution is 2.42. The zero-order chi connectivity index (χ0) is 31.1. The Morgan fingerprint density at radius 1 is 1.19 bits per heavy atom. The van der Waals surface area contributed by atoms with Gasteiger partial charge in [-0.1, -0.05) is 23.7 Å². The summed E-state index contributed by atoms with van der Waals surface area (Å²) in [6, 6.07) is 3.38. The SMILES string of the molecule is COC(=O)C1=C(C2CCN(S(=O)(=O)[C@H]3C[C@H](C(=O)OC(C)(C)C)C3)CC2)NC(c2nccs2)=NC1c1cccc(F)c1Cl. The fourth-order valence-electron chi connectivity index (χ4n) is 5.62. The van der Waals surface area contributed by atoms with Gasteiger partial charge >= 0.3 is 11.9 Å². The van der Waals surface area contributed by atoms with E-state index >= 15 is 0 Å². The van der Waals surface area contributed by atoms with Gasteiger partial charge in [0.2, 0.25) is 10.0 Å². The van der Waals surface area contributed by atoms with Gasteiger partial charge < -0.3 is 14.8 Å². The number of carbonyl (C=O) groups excluding carboxylic acids is 2. The molecule has 2 aromatic rings. The number of hydrogen-bond acceptors (Lipinski definition) is 10. The van der Waals surface area contributed by atoms with Gasteiger partial charge in [-0.2, -0.15) is 0 Å². The number of esters is 2. The predicted octanol–water partition coefficient (Wildman–Crippen LogP) is 4.62. The lowest BCUT2D eigenvalue weighted by Crippen LogP contribution is -2.50. The second-order valence-electron chi connectivity index (χ2n) is 11.8. The molecule has 2 fully saturated rings. The van der Waals surface area contributed by atoms with E-state index < -0.39 is 44.6 Å². The van der Waals surface area contributed by atoms with Crippen LogP contribution >= 0.6 is 22.9 Å². The predicted molar refractivity (Wildman–Crippen MR) is 161 cm³/mol. The molecule has 1 aromatic heterocycles. The number of benzene rings is 1. The van der Waals surface area contributed by atoms with Crippen molar-refractivity contribution in [1.82, 2.24) is 14.6 Å². The summed E-state index contributed by atoms with van der Waals surface area (Å²) in [5.41, 5.74) is 0.398. The summed E-state index contributed by atoms with van der Waals surface area (Å²) in [6.45, 7) is 5.81. The van der Waals surface area contributed by atoms with Crippen molar-refractivity contribution in [3.05, 3.63) is 62.5 Å². The van der Waals surface area contributed by atoms with Crippen molar-refractivity contribution in [3.8, 4) is 0 Å². The van der Waals surface area contributed by atoms with Crippen molar-refractivity contribution in [2.75, 3.05) is 20.2 Å². The largest absolute Gasteiger partial charge is 0.466 e. The Labute approximate surface area is 259 Å². The van der Waals surface area contributed by atoms with E-state index in [2.05, 4.69) is 10.3 Å². The quantitative estimate of drug-likeness (QED) is 0.430. The first-order valence-electron chi connectivity index (χ1n) is 14.0. The van der Waals surface area contributed by atoms with Crippen molar-refractivity contribution in [1.29, 1.82) is 0 Å². The summed E-state index contributed by atoms with van der Waals surface area (Å²) in [5, 5.41) is 4.86. The van der Waals surface area contributed by atoms with Crippen LogP contribution in [0.1, 0.15) is 63.1 Å². The second kappa shape index (κ2) is 12.3. The summed E-state index contributed by atoms with van der Waals surface area (Å²) in [6.07, 6.45) is 2.93. The average molecular weight is 653 g/mol. The van der Waals surface area contributed by atoms with Crippen molar-refractivity contribution in [3.63, 3.8) is 0 Å². The van der Waals surface area contributed by atoms with Crippen LogP contribution in [-0.4, -0.2) is 66.5 Å². The molecule has 1 unspecified atom stereocenters. The standard InChI is InChI=1S/C29H34ClFN4O6S2/c1-29(2,3)41-27(36)17-14-18(15-17)43(38,39)35-11-8-16(9-12-35)23-21(28(37)40-4)24(19-6-5-7-20(31)22(19)30)34-25(33-23)26-32-10-13-42-26/h5-7,10,13,16-18,24H,8-9,11-12,14-15H2,1-4H3,(H,33,34)/t17-,18-,24?. The Morgan fingerprint density at radius 2 is 1.88 bits per heavy atom. The summed E-state index contributed by atoms with van der Waals surface area (Å²) in [5.74, 6) is -1.93. The van der Waals surface area contributed by atoms with Crippen LogP contribution in [0.2, 0.25) is 5.02 Å². The van der Waals surface area contributed by atoms with E-state index in [0.717, 1.165) is 0 Å². The van der Waals surface area contributed by atoms with Gasteiger partial charge in [-0.3, -0.25) is 9.79 Å². The van der Waals surface area contributed by atoms with Crippen molar-refractivity contribution >= 4 is 50.7 Å². The van der Waals surface area contributed by atoms with Crippen molar-refractivity contribution in [2.24, 2.45) is 16.8 Å². The lowest BCUT2D eigenvalue weighted by molar-refractivity contribution is -0.162. The summed E-state index contributed by atoms with van der Waals surface area (Å²) >= 11 is 7.72. The number of amidine groups is 1. The molecule has 3 aliphatic rings. The van der Waals surface area contributed by atoms with Crippen LogP contribution in [0, 0.1) is 17.7 Å². The number of aromatic nitrogens is 1. The van der Waals surface area contributed by atoms with Gasteiger partial charge in [0.05, 0.1) is 28.9 Å². The van der Waals surface area contributed by atoms with Crippen LogP contribution in [0.15, 0.2) is 46.0 Å². The van der Waals surface area contributed by atoms with Crippen LogP contribution in [0.3, 0.4) is 0 Å². The van der Waals surface area contributed by atoms with Crippen LogP contribution in [-0.2, 0) is 29.1 Å². The molecule has 1 N–H and O–H groups in total. The monoisotopic (exact) mass is 652 g/mol. The van der Waals surface area contributed by atoms with Crippen molar-refractivity contribution in [2.45, 2.75) is 63.3 Å². The van der Waals surface area contributed by atoms with Gasteiger partial charge in [-0.15, -0.1) is 11.3 Å².